The van der Waals surface area contributed by atoms with E-state index in [9.17, 15) is 9.18 Å². The predicted octanol–water partition coefficient (Wildman–Crippen LogP) is 4.55. The Hall–Kier alpha value is -1.94. The second kappa shape index (κ2) is 6.48. The molecule has 2 aromatic rings. The van der Waals surface area contributed by atoms with Crippen LogP contribution in [0.4, 0.5) is 10.1 Å². The van der Waals surface area contributed by atoms with Crippen LogP contribution < -0.4 is 5.32 Å². The first kappa shape index (κ1) is 14.5. The van der Waals surface area contributed by atoms with Gasteiger partial charge in [-0.2, -0.15) is 0 Å². The molecule has 0 saturated carbocycles. The fraction of sp³-hybridized carbons (Fsp3) is 0.0625. The lowest BCUT2D eigenvalue weighted by Crippen LogP contribution is -2.07. The Labute approximate surface area is 125 Å². The van der Waals surface area contributed by atoms with Crippen molar-refractivity contribution in [1.29, 1.82) is 0 Å². The van der Waals surface area contributed by atoms with Crippen LogP contribution in [-0.2, 0) is 4.79 Å². The summed E-state index contributed by atoms with van der Waals surface area (Å²) in [6, 6.07) is 11.5. The van der Waals surface area contributed by atoms with Crippen molar-refractivity contribution in [3.63, 3.8) is 0 Å². The number of amides is 1. The molecule has 0 aliphatic heterocycles. The van der Waals surface area contributed by atoms with Crippen molar-refractivity contribution in [2.45, 2.75) is 6.92 Å². The van der Waals surface area contributed by atoms with Gasteiger partial charge < -0.3 is 5.32 Å². The quantitative estimate of drug-likeness (QED) is 0.820. The molecule has 0 atom stereocenters. The van der Waals surface area contributed by atoms with Gasteiger partial charge in [-0.3, -0.25) is 4.79 Å². The highest BCUT2D eigenvalue weighted by atomic mass is 79.9. The van der Waals surface area contributed by atoms with Crippen LogP contribution in [0.1, 0.15) is 11.1 Å². The van der Waals surface area contributed by atoms with Crippen LogP contribution in [0.25, 0.3) is 6.08 Å². The van der Waals surface area contributed by atoms with E-state index in [-0.39, 0.29) is 11.7 Å². The molecule has 2 aromatic carbocycles. The minimum Gasteiger partial charge on any atom is -0.323 e. The van der Waals surface area contributed by atoms with E-state index in [1.54, 1.807) is 18.2 Å². The zero-order valence-corrected chi connectivity index (χ0v) is 12.4. The summed E-state index contributed by atoms with van der Waals surface area (Å²) in [7, 11) is 0. The van der Waals surface area contributed by atoms with Gasteiger partial charge in [0.1, 0.15) is 5.82 Å². The molecule has 0 saturated heterocycles. The van der Waals surface area contributed by atoms with Gasteiger partial charge in [-0.05, 0) is 54.5 Å². The van der Waals surface area contributed by atoms with Gasteiger partial charge in [0.15, 0.2) is 0 Å². The normalized spacial score (nSPS) is 10.8. The monoisotopic (exact) mass is 333 g/mol. The lowest BCUT2D eigenvalue weighted by molar-refractivity contribution is -0.111. The third-order valence-electron chi connectivity index (χ3n) is 2.72. The fourth-order valence-electron chi connectivity index (χ4n) is 1.65. The van der Waals surface area contributed by atoms with E-state index in [4.69, 9.17) is 0 Å². The third-order valence-corrected chi connectivity index (χ3v) is 3.61. The molecule has 2 nitrogen and oxygen atoms in total. The van der Waals surface area contributed by atoms with E-state index in [0.29, 0.717) is 0 Å². The zero-order valence-electron chi connectivity index (χ0n) is 10.9. The van der Waals surface area contributed by atoms with Crippen molar-refractivity contribution in [2.24, 2.45) is 0 Å². The number of benzene rings is 2. The Morgan fingerprint density at radius 2 is 1.90 bits per heavy atom. The van der Waals surface area contributed by atoms with Gasteiger partial charge in [-0.1, -0.05) is 28.1 Å². The molecule has 2 rings (SSSR count). The van der Waals surface area contributed by atoms with Gasteiger partial charge in [-0.25, -0.2) is 4.39 Å². The van der Waals surface area contributed by atoms with Crippen molar-refractivity contribution in [2.75, 3.05) is 5.32 Å². The van der Waals surface area contributed by atoms with Gasteiger partial charge in [0, 0.05) is 16.2 Å². The van der Waals surface area contributed by atoms with Crippen LogP contribution in [0.3, 0.4) is 0 Å². The largest absolute Gasteiger partial charge is 0.323 e. The highest BCUT2D eigenvalue weighted by Crippen LogP contribution is 2.20. The summed E-state index contributed by atoms with van der Waals surface area (Å²) in [4.78, 5) is 11.8. The van der Waals surface area contributed by atoms with E-state index < -0.39 is 0 Å². The van der Waals surface area contributed by atoms with Gasteiger partial charge in [0.2, 0.25) is 5.91 Å². The smallest absolute Gasteiger partial charge is 0.248 e. The first-order valence-corrected chi connectivity index (χ1v) is 6.85. The molecule has 1 N–H and O–H groups in total. The summed E-state index contributed by atoms with van der Waals surface area (Å²) in [5.41, 5.74) is 2.55. The molecule has 20 heavy (non-hydrogen) atoms. The molecule has 0 aromatic heterocycles. The second-order valence-corrected chi connectivity index (χ2v) is 5.19. The highest BCUT2D eigenvalue weighted by molar-refractivity contribution is 9.10. The maximum atomic E-state index is 12.7. The molecule has 0 spiro atoms. The van der Waals surface area contributed by atoms with Gasteiger partial charge in [0.05, 0.1) is 0 Å². The molecule has 0 heterocycles. The number of carbonyl (C=O) groups is 1. The molecule has 0 fully saturated rings. The fourth-order valence-corrected chi connectivity index (χ4v) is 1.90. The standard InChI is InChI=1S/C16H13BrFNO/c1-11-10-14(7-8-15(11)17)19-16(20)9-4-12-2-5-13(18)6-3-12/h2-10H,1H3,(H,19,20). The van der Waals surface area contributed by atoms with Gasteiger partial charge >= 0.3 is 0 Å². The number of aryl methyl sites for hydroxylation is 1. The van der Waals surface area contributed by atoms with Crippen LogP contribution in [-0.4, -0.2) is 5.91 Å². The van der Waals surface area contributed by atoms with E-state index in [1.807, 2.05) is 25.1 Å². The topological polar surface area (TPSA) is 29.1 Å². The predicted molar refractivity (Wildman–Crippen MR) is 82.9 cm³/mol. The maximum Gasteiger partial charge on any atom is 0.248 e. The molecule has 0 aliphatic rings. The molecule has 0 bridgehead atoms. The Balaban J connectivity index is 2.01. The molecule has 102 valence electrons. The van der Waals surface area contributed by atoms with Crippen LogP contribution in [0.5, 0.6) is 0 Å². The average molecular weight is 334 g/mol. The third kappa shape index (κ3) is 4.03. The SMILES string of the molecule is Cc1cc(NC(=O)C=Cc2ccc(F)cc2)ccc1Br. The number of rotatable bonds is 3. The summed E-state index contributed by atoms with van der Waals surface area (Å²) in [6.07, 6.45) is 3.06. The zero-order chi connectivity index (χ0) is 14.5. The first-order valence-electron chi connectivity index (χ1n) is 6.05. The van der Waals surface area contributed by atoms with Crippen LogP contribution >= 0.6 is 15.9 Å². The molecular weight excluding hydrogens is 321 g/mol. The van der Waals surface area contributed by atoms with Crippen molar-refractivity contribution in [3.05, 3.63) is 70.0 Å². The van der Waals surface area contributed by atoms with E-state index in [0.717, 1.165) is 21.3 Å². The number of carbonyl (C=O) groups excluding carboxylic acids is 1. The Morgan fingerprint density at radius 3 is 2.55 bits per heavy atom. The molecule has 0 radical (unpaired) electrons. The molecule has 0 aliphatic carbocycles. The Morgan fingerprint density at radius 1 is 1.20 bits per heavy atom. The molecule has 4 heteroatoms. The Bertz CT molecular complexity index is 650. The maximum absolute atomic E-state index is 12.7. The summed E-state index contributed by atoms with van der Waals surface area (Å²) < 4.78 is 13.7. The summed E-state index contributed by atoms with van der Waals surface area (Å²) >= 11 is 3.41. The molecule has 1 amide bonds. The van der Waals surface area contributed by atoms with Gasteiger partial charge in [-0.15, -0.1) is 0 Å². The molecule has 0 unspecified atom stereocenters. The molecular formula is C16H13BrFNO. The lowest BCUT2D eigenvalue weighted by atomic mass is 10.2. The van der Waals surface area contributed by atoms with Crippen molar-refractivity contribution in [1.82, 2.24) is 0 Å². The van der Waals surface area contributed by atoms with Crippen LogP contribution in [0.2, 0.25) is 0 Å². The van der Waals surface area contributed by atoms with Crippen LogP contribution in [0.15, 0.2) is 53.0 Å². The number of hydrogen-bond donors (Lipinski definition) is 1. The van der Waals surface area contributed by atoms with E-state index in [1.165, 1.54) is 18.2 Å². The van der Waals surface area contributed by atoms with Crippen LogP contribution in [0, 0.1) is 12.7 Å². The summed E-state index contributed by atoms with van der Waals surface area (Å²) in [5.74, 6) is -0.520. The van der Waals surface area contributed by atoms with Crippen molar-refractivity contribution >= 4 is 33.6 Å². The van der Waals surface area contributed by atoms with E-state index in [2.05, 4.69) is 21.2 Å². The lowest BCUT2D eigenvalue weighted by Gasteiger charge is -2.04. The first-order chi connectivity index (χ1) is 9.54. The number of halogens is 2. The minimum atomic E-state index is -0.295. The highest BCUT2D eigenvalue weighted by Gasteiger charge is 2.00. The van der Waals surface area contributed by atoms with Gasteiger partial charge in [0.25, 0.3) is 0 Å². The van der Waals surface area contributed by atoms with Crippen molar-refractivity contribution in [3.8, 4) is 0 Å². The second-order valence-electron chi connectivity index (χ2n) is 4.34. The number of nitrogens with one attached hydrogen (secondary N) is 1. The van der Waals surface area contributed by atoms with E-state index >= 15 is 0 Å². The minimum absolute atomic E-state index is 0.226. The number of anilines is 1. The number of hydrogen-bond acceptors (Lipinski definition) is 1. The average Bonchev–Trinajstić information content (AvgIpc) is 2.42. The summed E-state index contributed by atoms with van der Waals surface area (Å²) in [6.45, 7) is 1.95. The Kier molecular flexibility index (Phi) is 4.69. The summed E-state index contributed by atoms with van der Waals surface area (Å²) in [5, 5.41) is 2.77. The van der Waals surface area contributed by atoms with Crippen molar-refractivity contribution < 1.29 is 9.18 Å².